The van der Waals surface area contributed by atoms with Crippen molar-refractivity contribution >= 4 is 30.7 Å². The van der Waals surface area contributed by atoms with Crippen LogP contribution < -0.4 is 10.0 Å². The number of alkyl halides is 1. The van der Waals surface area contributed by atoms with Crippen LogP contribution in [-0.2, 0) is 14.1 Å². The lowest BCUT2D eigenvalue weighted by Crippen LogP contribution is -2.21. The molecule has 0 saturated carbocycles. The summed E-state index contributed by atoms with van der Waals surface area (Å²) in [6.45, 7) is 5.94. The molecule has 0 amide bonds. The van der Waals surface area contributed by atoms with Crippen LogP contribution in [0.25, 0.3) is 0 Å². The predicted molar refractivity (Wildman–Crippen MR) is 81.7 cm³/mol. The largest absolute Gasteiger partial charge is 0.493 e. The zero-order valence-corrected chi connectivity index (χ0v) is 13.6. The zero-order valence-electron chi connectivity index (χ0n) is 11.9. The standard InChI is InChI=1S/C14H20ClO4P/c1-4-9-18-11-7-5-6-8-12(11)20(17)13(15)14(16)19-10(2)3/h5-8,10,13,20H,4,9H2,1-3H3. The number of carbonyl (C=O) groups is 1. The fraction of sp³-hybridized carbons (Fsp3) is 0.500. The summed E-state index contributed by atoms with van der Waals surface area (Å²) in [4.78, 5) is 11.7. The van der Waals surface area contributed by atoms with Gasteiger partial charge >= 0.3 is 5.97 Å². The van der Waals surface area contributed by atoms with Crippen molar-refractivity contribution in [3.05, 3.63) is 24.3 Å². The van der Waals surface area contributed by atoms with E-state index in [0.717, 1.165) is 6.42 Å². The first-order chi connectivity index (χ1) is 9.47. The van der Waals surface area contributed by atoms with E-state index in [1.54, 1.807) is 38.1 Å². The van der Waals surface area contributed by atoms with Crippen molar-refractivity contribution in [1.82, 2.24) is 0 Å². The van der Waals surface area contributed by atoms with Gasteiger partial charge < -0.3 is 14.0 Å². The third-order valence-corrected chi connectivity index (χ3v) is 4.82. The van der Waals surface area contributed by atoms with E-state index in [1.807, 2.05) is 6.92 Å². The van der Waals surface area contributed by atoms with Crippen molar-refractivity contribution < 1.29 is 18.8 Å². The van der Waals surface area contributed by atoms with Gasteiger partial charge in [-0.05, 0) is 32.4 Å². The Labute approximate surface area is 125 Å². The normalized spacial score (nSPS) is 13.8. The number of carbonyl (C=O) groups excluding carboxylic acids is 1. The molecule has 1 rings (SSSR count). The molecule has 112 valence electrons. The lowest BCUT2D eigenvalue weighted by Gasteiger charge is -2.15. The highest BCUT2D eigenvalue weighted by molar-refractivity contribution is 7.57. The van der Waals surface area contributed by atoms with Crippen LogP contribution in [0.3, 0.4) is 0 Å². The third-order valence-electron chi connectivity index (χ3n) is 2.40. The molecule has 0 heterocycles. The lowest BCUT2D eigenvalue weighted by molar-refractivity contribution is -0.145. The maximum Gasteiger partial charge on any atom is 0.332 e. The second-order valence-corrected chi connectivity index (χ2v) is 7.20. The van der Waals surface area contributed by atoms with Gasteiger partial charge in [0.05, 0.1) is 18.0 Å². The quantitative estimate of drug-likeness (QED) is 0.440. The Kier molecular flexibility index (Phi) is 7.11. The Hall–Kier alpha value is -0.990. The van der Waals surface area contributed by atoms with Crippen LogP contribution in [0.15, 0.2) is 24.3 Å². The van der Waals surface area contributed by atoms with Crippen LogP contribution in [0, 0.1) is 0 Å². The number of rotatable bonds is 7. The molecule has 0 radical (unpaired) electrons. The smallest absolute Gasteiger partial charge is 0.332 e. The predicted octanol–water partition coefficient (Wildman–Crippen LogP) is 3.18. The molecule has 0 aliphatic rings. The fourth-order valence-electron chi connectivity index (χ4n) is 1.54. The van der Waals surface area contributed by atoms with Crippen molar-refractivity contribution in [3.63, 3.8) is 0 Å². The van der Waals surface area contributed by atoms with E-state index in [4.69, 9.17) is 21.1 Å². The van der Waals surface area contributed by atoms with Gasteiger partial charge in [0.1, 0.15) is 13.6 Å². The van der Waals surface area contributed by atoms with Crippen molar-refractivity contribution in [1.29, 1.82) is 0 Å². The Morgan fingerprint density at radius 2 is 2.00 bits per heavy atom. The Morgan fingerprint density at radius 1 is 1.35 bits per heavy atom. The first-order valence-electron chi connectivity index (χ1n) is 6.58. The van der Waals surface area contributed by atoms with Crippen molar-refractivity contribution in [3.8, 4) is 5.75 Å². The Balaban J connectivity index is 2.88. The summed E-state index contributed by atoms with van der Waals surface area (Å²) >= 11 is 5.97. The molecule has 0 aliphatic heterocycles. The first-order valence-corrected chi connectivity index (χ1v) is 8.50. The molecule has 2 unspecified atom stereocenters. The number of halogens is 1. The lowest BCUT2D eigenvalue weighted by atomic mass is 10.3. The van der Waals surface area contributed by atoms with Gasteiger partial charge in [-0.1, -0.05) is 19.1 Å². The number of hydrogen-bond donors (Lipinski definition) is 0. The minimum atomic E-state index is -2.53. The van der Waals surface area contributed by atoms with Gasteiger partial charge in [0.2, 0.25) is 0 Å². The minimum Gasteiger partial charge on any atom is -0.493 e. The maximum absolute atomic E-state index is 12.4. The number of hydrogen-bond acceptors (Lipinski definition) is 4. The van der Waals surface area contributed by atoms with Gasteiger partial charge in [-0.25, -0.2) is 4.79 Å². The molecule has 0 saturated heterocycles. The summed E-state index contributed by atoms with van der Waals surface area (Å²) in [6, 6.07) is 6.93. The molecule has 0 aromatic heterocycles. The SMILES string of the molecule is CCCOc1ccccc1[PH](=O)C(Cl)C(=O)OC(C)C. The first kappa shape index (κ1) is 17.1. The molecule has 6 heteroatoms. The van der Waals surface area contributed by atoms with Crippen LogP contribution in [0.4, 0.5) is 0 Å². The Bertz CT molecular complexity index is 476. The zero-order chi connectivity index (χ0) is 15.1. The van der Waals surface area contributed by atoms with E-state index >= 15 is 0 Å². The fourth-order valence-corrected chi connectivity index (χ4v) is 3.16. The second-order valence-electron chi connectivity index (χ2n) is 4.56. The topological polar surface area (TPSA) is 52.6 Å². The molecule has 1 aromatic rings. The highest BCUT2D eigenvalue weighted by Crippen LogP contribution is 2.35. The second kappa shape index (κ2) is 8.33. The van der Waals surface area contributed by atoms with Gasteiger partial charge in [0.15, 0.2) is 5.12 Å². The van der Waals surface area contributed by atoms with E-state index in [0.29, 0.717) is 17.7 Å². The molecule has 0 N–H and O–H groups in total. The van der Waals surface area contributed by atoms with E-state index < -0.39 is 18.9 Å². The monoisotopic (exact) mass is 318 g/mol. The summed E-state index contributed by atoms with van der Waals surface area (Å²) in [5.41, 5.74) is 0. The third kappa shape index (κ3) is 4.84. The van der Waals surface area contributed by atoms with Crippen LogP contribution in [0.2, 0.25) is 0 Å². The molecular weight excluding hydrogens is 299 g/mol. The van der Waals surface area contributed by atoms with Crippen molar-refractivity contribution in [2.45, 2.75) is 38.4 Å². The molecule has 0 fully saturated rings. The maximum atomic E-state index is 12.4. The number of ether oxygens (including phenoxy) is 2. The highest BCUT2D eigenvalue weighted by Gasteiger charge is 2.27. The van der Waals surface area contributed by atoms with Crippen LogP contribution in [0.1, 0.15) is 27.2 Å². The average Bonchev–Trinajstić information content (AvgIpc) is 2.43. The Morgan fingerprint density at radius 3 is 2.60 bits per heavy atom. The average molecular weight is 319 g/mol. The van der Waals surface area contributed by atoms with Crippen LogP contribution in [-0.4, -0.2) is 23.8 Å². The molecular formula is C14H20ClO4P. The number of para-hydroxylation sites is 1. The van der Waals surface area contributed by atoms with E-state index in [2.05, 4.69) is 0 Å². The van der Waals surface area contributed by atoms with Gasteiger partial charge in [-0.15, -0.1) is 11.6 Å². The summed E-state index contributed by atoms with van der Waals surface area (Å²) < 4.78 is 22.9. The molecule has 20 heavy (non-hydrogen) atoms. The molecule has 0 spiro atoms. The van der Waals surface area contributed by atoms with Gasteiger partial charge in [-0.3, -0.25) is 0 Å². The minimum absolute atomic E-state index is 0.287. The molecule has 0 bridgehead atoms. The molecule has 2 atom stereocenters. The highest BCUT2D eigenvalue weighted by atomic mass is 35.5. The molecule has 4 nitrogen and oxygen atoms in total. The van der Waals surface area contributed by atoms with E-state index in [9.17, 15) is 9.36 Å². The summed E-state index contributed by atoms with van der Waals surface area (Å²) in [6.07, 6.45) is 0.555. The van der Waals surface area contributed by atoms with E-state index in [-0.39, 0.29) is 6.10 Å². The number of esters is 1. The molecule has 0 aliphatic carbocycles. The summed E-state index contributed by atoms with van der Waals surface area (Å²) in [5.74, 6) is -0.142. The molecule has 1 aromatic carbocycles. The van der Waals surface area contributed by atoms with Gasteiger partial charge in [0.25, 0.3) is 0 Å². The summed E-state index contributed by atoms with van der Waals surface area (Å²) in [7, 11) is -2.53. The van der Waals surface area contributed by atoms with Crippen molar-refractivity contribution in [2.75, 3.05) is 6.61 Å². The van der Waals surface area contributed by atoms with Gasteiger partial charge in [-0.2, -0.15) is 0 Å². The van der Waals surface area contributed by atoms with Crippen LogP contribution >= 0.6 is 19.4 Å². The van der Waals surface area contributed by atoms with E-state index in [1.165, 1.54) is 0 Å². The number of benzene rings is 1. The summed E-state index contributed by atoms with van der Waals surface area (Å²) in [5, 5.41) is -0.694. The van der Waals surface area contributed by atoms with Crippen molar-refractivity contribution in [2.24, 2.45) is 0 Å². The van der Waals surface area contributed by atoms with Gasteiger partial charge in [0, 0.05) is 0 Å². The van der Waals surface area contributed by atoms with Crippen LogP contribution in [0.5, 0.6) is 5.75 Å².